The van der Waals surface area contributed by atoms with Crippen LogP contribution >= 0.6 is 0 Å². The summed E-state index contributed by atoms with van der Waals surface area (Å²) in [6.07, 6.45) is 2.46. The smallest absolute Gasteiger partial charge is 0.303 e. The zero-order chi connectivity index (χ0) is 12.9. The number of nitrogens with zero attached hydrogens (tertiary/aromatic N) is 1. The molecule has 17 heavy (non-hydrogen) atoms. The fourth-order valence-corrected chi connectivity index (χ4v) is 2.06. The second-order valence-corrected chi connectivity index (χ2v) is 4.10. The van der Waals surface area contributed by atoms with Crippen molar-refractivity contribution in [2.24, 2.45) is 0 Å². The first kappa shape index (κ1) is 13.4. The van der Waals surface area contributed by atoms with Gasteiger partial charge in [0, 0.05) is 12.6 Å². The van der Waals surface area contributed by atoms with E-state index in [0.717, 1.165) is 0 Å². The summed E-state index contributed by atoms with van der Waals surface area (Å²) in [5, 5.41) is 8.77. The van der Waals surface area contributed by atoms with E-state index in [-0.39, 0.29) is 12.2 Å². The quantitative estimate of drug-likeness (QED) is 0.820. The molecule has 0 bridgehead atoms. The molecule has 1 N–H and O–H groups in total. The number of aliphatic carboxylic acids is 1. The highest BCUT2D eigenvalue weighted by atomic mass is 16.4. The van der Waals surface area contributed by atoms with E-state index in [1.54, 1.807) is 18.3 Å². The predicted molar refractivity (Wildman–Crippen MR) is 63.8 cm³/mol. The third-order valence-electron chi connectivity index (χ3n) is 3.20. The number of ketones is 1. The van der Waals surface area contributed by atoms with Crippen LogP contribution in [0.25, 0.3) is 0 Å². The highest BCUT2D eigenvalue weighted by Gasteiger charge is 2.36. The molecular formula is C13H17NO3. The first-order chi connectivity index (χ1) is 8.03. The van der Waals surface area contributed by atoms with E-state index in [2.05, 4.69) is 4.98 Å². The van der Waals surface area contributed by atoms with Crippen LogP contribution in [-0.4, -0.2) is 21.8 Å². The van der Waals surface area contributed by atoms with Crippen LogP contribution in [0.5, 0.6) is 0 Å². The molecule has 0 aliphatic heterocycles. The van der Waals surface area contributed by atoms with Crippen LogP contribution in [0.4, 0.5) is 0 Å². The SMILES string of the molecule is CCC(CCC(=O)O)(C(C)=O)c1ccccn1. The number of rotatable bonds is 6. The van der Waals surface area contributed by atoms with Crippen LogP contribution in [-0.2, 0) is 15.0 Å². The van der Waals surface area contributed by atoms with Gasteiger partial charge in [0.1, 0.15) is 5.78 Å². The van der Waals surface area contributed by atoms with Crippen LogP contribution < -0.4 is 0 Å². The number of aromatic nitrogens is 1. The molecular weight excluding hydrogens is 218 g/mol. The topological polar surface area (TPSA) is 67.3 Å². The Kier molecular flexibility index (Phi) is 4.37. The lowest BCUT2D eigenvalue weighted by Gasteiger charge is -2.28. The van der Waals surface area contributed by atoms with Gasteiger partial charge in [-0.05, 0) is 31.9 Å². The Labute approximate surface area is 101 Å². The molecule has 1 atom stereocenters. The van der Waals surface area contributed by atoms with Crippen molar-refractivity contribution in [3.63, 3.8) is 0 Å². The lowest BCUT2D eigenvalue weighted by atomic mass is 9.74. The number of hydrogen-bond acceptors (Lipinski definition) is 3. The van der Waals surface area contributed by atoms with Crippen LogP contribution in [0.2, 0.25) is 0 Å². The van der Waals surface area contributed by atoms with Gasteiger partial charge in [0.15, 0.2) is 0 Å². The molecule has 0 aliphatic carbocycles. The van der Waals surface area contributed by atoms with Crippen molar-refractivity contribution in [2.45, 2.75) is 38.5 Å². The summed E-state index contributed by atoms with van der Waals surface area (Å²) in [4.78, 5) is 26.8. The van der Waals surface area contributed by atoms with Crippen LogP contribution in [0.3, 0.4) is 0 Å². The second kappa shape index (κ2) is 5.57. The van der Waals surface area contributed by atoms with Gasteiger partial charge in [0.25, 0.3) is 0 Å². The zero-order valence-electron chi connectivity index (χ0n) is 10.1. The number of carboxylic acid groups (broad SMARTS) is 1. The van der Waals surface area contributed by atoms with Gasteiger partial charge in [-0.25, -0.2) is 0 Å². The molecule has 1 unspecified atom stereocenters. The van der Waals surface area contributed by atoms with E-state index < -0.39 is 11.4 Å². The van der Waals surface area contributed by atoms with Gasteiger partial charge in [-0.15, -0.1) is 0 Å². The third-order valence-corrected chi connectivity index (χ3v) is 3.20. The van der Waals surface area contributed by atoms with Gasteiger partial charge >= 0.3 is 5.97 Å². The molecule has 0 radical (unpaired) electrons. The molecule has 1 rings (SSSR count). The largest absolute Gasteiger partial charge is 0.481 e. The maximum Gasteiger partial charge on any atom is 0.303 e. The number of pyridine rings is 1. The zero-order valence-corrected chi connectivity index (χ0v) is 10.1. The Hall–Kier alpha value is -1.71. The number of hydrogen-bond donors (Lipinski definition) is 1. The van der Waals surface area contributed by atoms with Gasteiger partial charge in [-0.2, -0.15) is 0 Å². The van der Waals surface area contributed by atoms with E-state index in [1.165, 1.54) is 6.92 Å². The van der Waals surface area contributed by atoms with Crippen molar-refractivity contribution >= 4 is 11.8 Å². The predicted octanol–water partition coefficient (Wildman–Crippen LogP) is 2.18. The van der Waals surface area contributed by atoms with Crippen molar-refractivity contribution in [3.05, 3.63) is 30.1 Å². The van der Waals surface area contributed by atoms with Crippen LogP contribution in [0, 0.1) is 0 Å². The molecule has 0 fully saturated rings. The van der Waals surface area contributed by atoms with E-state index in [9.17, 15) is 9.59 Å². The van der Waals surface area contributed by atoms with Crippen LogP contribution in [0.1, 0.15) is 38.8 Å². The van der Waals surface area contributed by atoms with Crippen molar-refractivity contribution in [1.29, 1.82) is 0 Å². The maximum atomic E-state index is 11.9. The van der Waals surface area contributed by atoms with E-state index in [1.807, 2.05) is 13.0 Å². The highest BCUT2D eigenvalue weighted by molar-refractivity contribution is 5.88. The Balaban J connectivity index is 3.09. The summed E-state index contributed by atoms with van der Waals surface area (Å²) >= 11 is 0. The van der Waals surface area contributed by atoms with Gasteiger partial charge in [0.05, 0.1) is 11.1 Å². The minimum Gasteiger partial charge on any atom is -0.481 e. The molecule has 92 valence electrons. The Bertz CT molecular complexity index is 402. The van der Waals surface area contributed by atoms with Crippen molar-refractivity contribution in [1.82, 2.24) is 4.98 Å². The van der Waals surface area contributed by atoms with Crippen LogP contribution in [0.15, 0.2) is 24.4 Å². The van der Waals surface area contributed by atoms with Gasteiger partial charge in [-0.3, -0.25) is 14.6 Å². The molecule has 0 amide bonds. The summed E-state index contributed by atoms with van der Waals surface area (Å²) in [6.45, 7) is 3.39. The average Bonchev–Trinajstić information content (AvgIpc) is 2.31. The number of Topliss-reactive ketones (excluding diaryl/α,β-unsaturated/α-hetero) is 1. The maximum absolute atomic E-state index is 11.9. The fourth-order valence-electron chi connectivity index (χ4n) is 2.06. The van der Waals surface area contributed by atoms with Gasteiger partial charge in [0.2, 0.25) is 0 Å². The summed E-state index contributed by atoms with van der Waals surface area (Å²) in [5.74, 6) is -0.917. The normalized spacial score (nSPS) is 14.0. The summed E-state index contributed by atoms with van der Waals surface area (Å²) in [6, 6.07) is 5.38. The first-order valence-corrected chi connectivity index (χ1v) is 5.67. The van der Waals surface area contributed by atoms with E-state index >= 15 is 0 Å². The molecule has 0 aromatic carbocycles. The van der Waals surface area contributed by atoms with E-state index in [0.29, 0.717) is 18.5 Å². The summed E-state index contributed by atoms with van der Waals surface area (Å²) < 4.78 is 0. The fraction of sp³-hybridized carbons (Fsp3) is 0.462. The molecule has 0 aliphatic rings. The van der Waals surface area contributed by atoms with E-state index in [4.69, 9.17) is 5.11 Å². The Morgan fingerprint density at radius 3 is 2.53 bits per heavy atom. The molecule has 1 aromatic heterocycles. The molecule has 4 nitrogen and oxygen atoms in total. The summed E-state index contributed by atoms with van der Waals surface area (Å²) in [5.41, 5.74) is -0.101. The lowest BCUT2D eigenvalue weighted by molar-refractivity contribution is -0.137. The first-order valence-electron chi connectivity index (χ1n) is 5.67. The van der Waals surface area contributed by atoms with Gasteiger partial charge in [-0.1, -0.05) is 13.0 Å². The Morgan fingerprint density at radius 1 is 1.41 bits per heavy atom. The number of carbonyl (C=O) groups is 2. The monoisotopic (exact) mass is 235 g/mol. The minimum atomic E-state index is -0.889. The van der Waals surface area contributed by atoms with Crippen molar-refractivity contribution < 1.29 is 14.7 Å². The van der Waals surface area contributed by atoms with Crippen molar-refractivity contribution in [2.75, 3.05) is 0 Å². The Morgan fingerprint density at radius 2 is 2.12 bits per heavy atom. The molecule has 4 heteroatoms. The molecule has 0 saturated carbocycles. The standard InChI is InChI=1S/C13H17NO3/c1-3-13(10(2)15,8-7-12(16)17)11-6-4-5-9-14-11/h4-6,9H,3,7-8H2,1-2H3,(H,16,17). The lowest BCUT2D eigenvalue weighted by Crippen LogP contribution is -2.35. The summed E-state index contributed by atoms with van der Waals surface area (Å²) in [7, 11) is 0. The molecule has 0 saturated heterocycles. The molecule has 1 aromatic rings. The minimum absolute atomic E-state index is 0.0238. The highest BCUT2D eigenvalue weighted by Crippen LogP contribution is 2.32. The second-order valence-electron chi connectivity index (χ2n) is 4.10. The third kappa shape index (κ3) is 2.90. The average molecular weight is 235 g/mol. The number of carboxylic acids is 1. The molecule has 0 spiro atoms. The number of carbonyl (C=O) groups excluding carboxylic acids is 1. The van der Waals surface area contributed by atoms with Gasteiger partial charge < -0.3 is 5.11 Å². The molecule has 1 heterocycles. The van der Waals surface area contributed by atoms with Crippen molar-refractivity contribution in [3.8, 4) is 0 Å².